The number of carbonyl (C=O) groups is 1. The minimum Gasteiger partial charge on any atom is -0.303 e. The van der Waals surface area contributed by atoms with Gasteiger partial charge in [-0.15, -0.1) is 0 Å². The van der Waals surface area contributed by atoms with Crippen LogP contribution in [0.4, 0.5) is 0 Å². The lowest BCUT2D eigenvalue weighted by molar-refractivity contribution is -0.108. The Morgan fingerprint density at radius 2 is 1.71 bits per heavy atom. The number of sulfone groups is 1. The molecule has 1 aliphatic carbocycles. The summed E-state index contributed by atoms with van der Waals surface area (Å²) in [4.78, 5) is 11.5. The first kappa shape index (κ1) is 14.3. The monoisotopic (exact) mass is 320 g/mol. The van der Waals surface area contributed by atoms with Crippen molar-refractivity contribution in [2.24, 2.45) is 5.92 Å². The molecule has 3 rings (SSSR count). The zero-order valence-corrected chi connectivity index (χ0v) is 12.6. The highest BCUT2D eigenvalue weighted by atomic mass is 35.5. The van der Waals surface area contributed by atoms with Crippen LogP contribution in [-0.4, -0.2) is 20.0 Å². The van der Waals surface area contributed by atoms with Crippen molar-refractivity contribution in [3.05, 3.63) is 65.2 Å². The van der Waals surface area contributed by atoms with Crippen LogP contribution in [0.15, 0.2) is 59.5 Å². The van der Waals surface area contributed by atoms with Crippen LogP contribution in [0.5, 0.6) is 0 Å². The SMILES string of the molecule is O=C[C@@H]1[C@H](c2cccc(Cl)c2)[C@@H]1S(=O)(=O)c1ccccc1. The number of carbonyl (C=O) groups excluding carboxylic acids is 1. The van der Waals surface area contributed by atoms with Crippen LogP contribution in [0, 0.1) is 5.92 Å². The molecule has 1 aliphatic rings. The maximum Gasteiger partial charge on any atom is 0.182 e. The maximum atomic E-state index is 12.6. The Hall–Kier alpha value is -1.65. The maximum absolute atomic E-state index is 12.6. The van der Waals surface area contributed by atoms with E-state index in [4.69, 9.17) is 11.6 Å². The molecule has 5 heteroatoms. The van der Waals surface area contributed by atoms with Gasteiger partial charge in [-0.25, -0.2) is 8.42 Å². The van der Waals surface area contributed by atoms with E-state index in [9.17, 15) is 13.2 Å². The van der Waals surface area contributed by atoms with Gasteiger partial charge in [0.1, 0.15) is 6.29 Å². The lowest BCUT2D eigenvalue weighted by Crippen LogP contribution is -2.10. The third kappa shape index (κ3) is 2.49. The second kappa shape index (κ2) is 5.28. The average Bonchev–Trinajstić information content (AvgIpc) is 3.23. The molecular formula is C16H13ClO3S. The van der Waals surface area contributed by atoms with Crippen molar-refractivity contribution in [2.45, 2.75) is 16.1 Å². The second-order valence-corrected chi connectivity index (χ2v) is 7.66. The smallest absolute Gasteiger partial charge is 0.182 e. The lowest BCUT2D eigenvalue weighted by atomic mass is 10.1. The molecule has 21 heavy (non-hydrogen) atoms. The van der Waals surface area contributed by atoms with E-state index in [1.807, 2.05) is 6.07 Å². The van der Waals surface area contributed by atoms with Crippen molar-refractivity contribution >= 4 is 27.7 Å². The topological polar surface area (TPSA) is 51.2 Å². The molecule has 0 unspecified atom stereocenters. The predicted octanol–water partition coefficient (Wildman–Crippen LogP) is 3.09. The fourth-order valence-electron chi connectivity index (χ4n) is 2.76. The van der Waals surface area contributed by atoms with Crippen molar-refractivity contribution in [1.82, 2.24) is 0 Å². The summed E-state index contributed by atoms with van der Waals surface area (Å²) in [5, 5.41) is -0.157. The summed E-state index contributed by atoms with van der Waals surface area (Å²) >= 11 is 5.95. The molecule has 2 aromatic carbocycles. The highest BCUT2D eigenvalue weighted by Gasteiger charge is 2.59. The summed E-state index contributed by atoms with van der Waals surface area (Å²) < 4.78 is 25.3. The number of halogens is 1. The molecule has 0 amide bonds. The van der Waals surface area contributed by atoms with Gasteiger partial charge in [-0.3, -0.25) is 0 Å². The Balaban J connectivity index is 1.98. The molecule has 3 atom stereocenters. The van der Waals surface area contributed by atoms with E-state index in [0.717, 1.165) is 11.8 Å². The average molecular weight is 321 g/mol. The fraction of sp³-hybridized carbons (Fsp3) is 0.188. The Bertz CT molecular complexity index is 771. The van der Waals surface area contributed by atoms with Crippen LogP contribution in [0.3, 0.4) is 0 Å². The van der Waals surface area contributed by atoms with Crippen molar-refractivity contribution in [3.8, 4) is 0 Å². The van der Waals surface area contributed by atoms with Crippen LogP contribution >= 0.6 is 11.6 Å². The van der Waals surface area contributed by atoms with E-state index in [1.165, 1.54) is 0 Å². The first-order valence-corrected chi connectivity index (χ1v) is 8.48. The molecule has 2 aromatic rings. The molecule has 1 fully saturated rings. The quantitative estimate of drug-likeness (QED) is 0.813. The molecule has 0 bridgehead atoms. The summed E-state index contributed by atoms with van der Waals surface area (Å²) in [6.45, 7) is 0. The fourth-order valence-corrected chi connectivity index (χ4v) is 5.09. The van der Waals surface area contributed by atoms with Gasteiger partial charge in [0.2, 0.25) is 0 Å². The van der Waals surface area contributed by atoms with Gasteiger partial charge in [-0.2, -0.15) is 0 Å². The van der Waals surface area contributed by atoms with Gasteiger partial charge in [0.25, 0.3) is 0 Å². The molecule has 0 saturated heterocycles. The third-order valence-corrected chi connectivity index (χ3v) is 6.32. The van der Waals surface area contributed by atoms with Crippen LogP contribution < -0.4 is 0 Å². The molecule has 0 spiro atoms. The molecule has 108 valence electrons. The first-order valence-electron chi connectivity index (χ1n) is 6.55. The highest BCUT2D eigenvalue weighted by Crippen LogP contribution is 2.53. The number of rotatable bonds is 4. The number of hydrogen-bond acceptors (Lipinski definition) is 3. The summed E-state index contributed by atoms with van der Waals surface area (Å²) in [6, 6.07) is 15.3. The molecule has 0 N–H and O–H groups in total. The van der Waals surface area contributed by atoms with Crippen LogP contribution in [0.25, 0.3) is 0 Å². The van der Waals surface area contributed by atoms with E-state index >= 15 is 0 Å². The Labute approximate surface area is 128 Å². The van der Waals surface area contributed by atoms with Gasteiger partial charge < -0.3 is 4.79 Å². The Morgan fingerprint density at radius 1 is 1.00 bits per heavy atom. The molecular weight excluding hydrogens is 308 g/mol. The largest absolute Gasteiger partial charge is 0.303 e. The van der Waals surface area contributed by atoms with Crippen LogP contribution in [-0.2, 0) is 14.6 Å². The van der Waals surface area contributed by atoms with Gasteiger partial charge >= 0.3 is 0 Å². The Kier molecular flexibility index (Phi) is 3.59. The van der Waals surface area contributed by atoms with Gasteiger partial charge in [0, 0.05) is 16.9 Å². The van der Waals surface area contributed by atoms with E-state index in [2.05, 4.69) is 0 Å². The molecule has 1 saturated carbocycles. The summed E-state index contributed by atoms with van der Waals surface area (Å²) in [5.74, 6) is -0.819. The third-order valence-electron chi connectivity index (χ3n) is 3.83. The number of hydrogen-bond donors (Lipinski definition) is 0. The summed E-state index contributed by atoms with van der Waals surface area (Å²) in [7, 11) is -3.51. The van der Waals surface area contributed by atoms with Crippen molar-refractivity contribution in [2.75, 3.05) is 0 Å². The minimum absolute atomic E-state index is 0.256. The van der Waals surface area contributed by atoms with Crippen molar-refractivity contribution in [3.63, 3.8) is 0 Å². The predicted molar refractivity (Wildman–Crippen MR) is 81.2 cm³/mol. The van der Waals surface area contributed by atoms with Crippen molar-refractivity contribution in [1.29, 1.82) is 0 Å². The summed E-state index contributed by atoms with van der Waals surface area (Å²) in [6.07, 6.45) is 0.733. The molecule has 0 aliphatic heterocycles. The standard InChI is InChI=1S/C16H13ClO3S/c17-12-6-4-5-11(9-12)15-14(10-18)16(15)21(19,20)13-7-2-1-3-8-13/h1-10,14-16H/t14-,15+,16-/m1/s1. The summed E-state index contributed by atoms with van der Waals surface area (Å²) in [5.41, 5.74) is 0.795. The van der Waals surface area contributed by atoms with Gasteiger partial charge in [0.05, 0.1) is 10.1 Å². The molecule has 0 radical (unpaired) electrons. The number of benzene rings is 2. The minimum atomic E-state index is -3.51. The zero-order chi connectivity index (χ0) is 15.0. The highest BCUT2D eigenvalue weighted by molar-refractivity contribution is 7.92. The Morgan fingerprint density at radius 3 is 2.33 bits per heavy atom. The van der Waals surface area contributed by atoms with Crippen molar-refractivity contribution < 1.29 is 13.2 Å². The molecule has 0 aromatic heterocycles. The molecule has 0 heterocycles. The second-order valence-electron chi connectivity index (χ2n) is 5.12. The normalized spacial score (nSPS) is 24.5. The number of aldehydes is 1. The lowest BCUT2D eigenvalue weighted by Gasteiger charge is -2.04. The van der Waals surface area contributed by atoms with Crippen LogP contribution in [0.1, 0.15) is 11.5 Å². The van der Waals surface area contributed by atoms with Gasteiger partial charge in [-0.05, 0) is 29.8 Å². The van der Waals surface area contributed by atoms with Gasteiger partial charge in [-0.1, -0.05) is 41.9 Å². The molecule has 3 nitrogen and oxygen atoms in total. The van der Waals surface area contributed by atoms with Gasteiger partial charge in [0.15, 0.2) is 9.84 Å². The van der Waals surface area contributed by atoms with E-state index < -0.39 is 21.0 Å². The van der Waals surface area contributed by atoms with E-state index in [-0.39, 0.29) is 10.8 Å². The van der Waals surface area contributed by atoms with Crippen LogP contribution in [0.2, 0.25) is 5.02 Å². The first-order chi connectivity index (χ1) is 10.1. The van der Waals surface area contributed by atoms with E-state index in [0.29, 0.717) is 5.02 Å². The zero-order valence-electron chi connectivity index (χ0n) is 11.0. The van der Waals surface area contributed by atoms with E-state index in [1.54, 1.807) is 48.5 Å².